The molecule has 2 heterocycles. The lowest BCUT2D eigenvalue weighted by Gasteiger charge is -2.37. The van der Waals surface area contributed by atoms with E-state index in [4.69, 9.17) is 9.84 Å². The van der Waals surface area contributed by atoms with E-state index in [0.717, 1.165) is 31.9 Å². The van der Waals surface area contributed by atoms with Crippen LogP contribution in [0.15, 0.2) is 48.5 Å². The fourth-order valence-electron chi connectivity index (χ4n) is 4.20. The van der Waals surface area contributed by atoms with Crippen LogP contribution in [0, 0.1) is 0 Å². The average Bonchev–Trinajstić information content (AvgIpc) is 3.12. The van der Waals surface area contributed by atoms with Crippen molar-refractivity contribution in [2.75, 3.05) is 26.3 Å². The number of aliphatic hydroxyl groups is 1. The first-order chi connectivity index (χ1) is 12.8. The normalized spacial score (nSPS) is 20.9. The number of nitrogens with zero attached hydrogens (tertiary/aromatic N) is 2. The van der Waals surface area contributed by atoms with Crippen molar-refractivity contribution < 1.29 is 9.84 Å². The molecule has 0 unspecified atom stereocenters. The zero-order valence-electron chi connectivity index (χ0n) is 15.3. The quantitative estimate of drug-likeness (QED) is 0.867. The van der Waals surface area contributed by atoms with Crippen LogP contribution in [0.1, 0.15) is 29.5 Å². The number of rotatable bonds is 6. The molecule has 26 heavy (non-hydrogen) atoms. The standard InChI is InChI=1S/C22H28N2O2/c25-12-13-26-22-9-7-18(8-10-22)14-23-11-3-6-21(17-23)24-15-19-4-1-2-5-20(19)16-24/h1-2,4-5,7-10,21,25H,3,6,11-17H2/t21-/m1/s1. The van der Waals surface area contributed by atoms with E-state index in [-0.39, 0.29) is 6.61 Å². The highest BCUT2D eigenvalue weighted by atomic mass is 16.5. The van der Waals surface area contributed by atoms with Crippen LogP contribution in [0.25, 0.3) is 0 Å². The van der Waals surface area contributed by atoms with Crippen molar-refractivity contribution >= 4 is 0 Å². The molecule has 4 heteroatoms. The third kappa shape index (κ3) is 4.09. The molecule has 0 spiro atoms. The molecule has 0 aliphatic carbocycles. The summed E-state index contributed by atoms with van der Waals surface area (Å²) in [6, 6.07) is 17.8. The molecule has 0 bridgehead atoms. The largest absolute Gasteiger partial charge is 0.491 e. The Morgan fingerprint density at radius 2 is 1.73 bits per heavy atom. The van der Waals surface area contributed by atoms with E-state index in [1.165, 1.54) is 36.1 Å². The lowest BCUT2D eigenvalue weighted by Crippen LogP contribution is -2.45. The van der Waals surface area contributed by atoms with Crippen LogP contribution in [0.4, 0.5) is 0 Å². The molecule has 4 rings (SSSR count). The number of hydrogen-bond acceptors (Lipinski definition) is 4. The molecule has 1 fully saturated rings. The Labute approximate surface area is 156 Å². The molecule has 1 atom stereocenters. The van der Waals surface area contributed by atoms with Crippen LogP contribution in [0.5, 0.6) is 5.75 Å². The average molecular weight is 352 g/mol. The van der Waals surface area contributed by atoms with Gasteiger partial charge in [-0.05, 0) is 48.2 Å². The van der Waals surface area contributed by atoms with E-state index < -0.39 is 0 Å². The first kappa shape index (κ1) is 17.5. The predicted molar refractivity (Wildman–Crippen MR) is 103 cm³/mol. The third-order valence-electron chi connectivity index (χ3n) is 5.55. The van der Waals surface area contributed by atoms with Gasteiger partial charge in [-0.1, -0.05) is 36.4 Å². The maximum Gasteiger partial charge on any atom is 0.119 e. The number of piperidine rings is 1. The van der Waals surface area contributed by atoms with E-state index in [9.17, 15) is 0 Å². The van der Waals surface area contributed by atoms with Crippen molar-refractivity contribution in [1.82, 2.24) is 9.80 Å². The smallest absolute Gasteiger partial charge is 0.119 e. The fourth-order valence-corrected chi connectivity index (χ4v) is 4.20. The lowest BCUT2D eigenvalue weighted by atomic mass is 10.0. The van der Waals surface area contributed by atoms with E-state index in [1.54, 1.807) is 0 Å². The predicted octanol–water partition coefficient (Wildman–Crippen LogP) is 3.04. The molecular weight excluding hydrogens is 324 g/mol. The molecule has 2 aromatic rings. The minimum Gasteiger partial charge on any atom is -0.491 e. The monoisotopic (exact) mass is 352 g/mol. The zero-order valence-corrected chi connectivity index (χ0v) is 15.3. The Kier molecular flexibility index (Phi) is 5.54. The van der Waals surface area contributed by atoms with Crippen molar-refractivity contribution in [3.63, 3.8) is 0 Å². The van der Waals surface area contributed by atoms with Crippen molar-refractivity contribution in [3.05, 3.63) is 65.2 Å². The summed E-state index contributed by atoms with van der Waals surface area (Å²) < 4.78 is 5.45. The molecule has 1 saturated heterocycles. The number of likely N-dealkylation sites (tertiary alicyclic amines) is 1. The van der Waals surface area contributed by atoms with Gasteiger partial charge >= 0.3 is 0 Å². The second-order valence-corrected chi connectivity index (χ2v) is 7.42. The van der Waals surface area contributed by atoms with Gasteiger partial charge in [0.15, 0.2) is 0 Å². The second kappa shape index (κ2) is 8.21. The van der Waals surface area contributed by atoms with E-state index in [2.05, 4.69) is 46.2 Å². The number of ether oxygens (including phenoxy) is 1. The van der Waals surface area contributed by atoms with E-state index in [0.29, 0.717) is 12.6 Å². The molecule has 0 radical (unpaired) electrons. The molecule has 0 amide bonds. The van der Waals surface area contributed by atoms with Gasteiger partial charge in [0.1, 0.15) is 12.4 Å². The Morgan fingerprint density at radius 3 is 2.42 bits per heavy atom. The first-order valence-corrected chi connectivity index (χ1v) is 9.67. The highest BCUT2D eigenvalue weighted by molar-refractivity contribution is 5.30. The fraction of sp³-hybridized carbons (Fsp3) is 0.455. The molecule has 4 nitrogen and oxygen atoms in total. The molecule has 0 saturated carbocycles. The molecule has 0 aromatic heterocycles. The van der Waals surface area contributed by atoms with Gasteiger partial charge in [0.2, 0.25) is 0 Å². The number of fused-ring (bicyclic) bond motifs is 1. The molecule has 2 aromatic carbocycles. The van der Waals surface area contributed by atoms with Gasteiger partial charge in [-0.3, -0.25) is 9.80 Å². The lowest BCUT2D eigenvalue weighted by molar-refractivity contribution is 0.0915. The highest BCUT2D eigenvalue weighted by Gasteiger charge is 2.29. The minimum atomic E-state index is 0.0529. The van der Waals surface area contributed by atoms with Crippen molar-refractivity contribution in [1.29, 1.82) is 0 Å². The molecule has 2 aliphatic rings. The molecule has 138 valence electrons. The van der Waals surface area contributed by atoms with Gasteiger partial charge in [0.05, 0.1) is 6.61 Å². The maximum absolute atomic E-state index is 8.84. The third-order valence-corrected chi connectivity index (χ3v) is 5.55. The molecular formula is C22H28N2O2. The first-order valence-electron chi connectivity index (χ1n) is 9.67. The summed E-state index contributed by atoms with van der Waals surface area (Å²) in [7, 11) is 0. The van der Waals surface area contributed by atoms with E-state index >= 15 is 0 Å². The van der Waals surface area contributed by atoms with Crippen LogP contribution in [-0.4, -0.2) is 47.3 Å². The van der Waals surface area contributed by atoms with Crippen LogP contribution in [0.3, 0.4) is 0 Å². The number of aliphatic hydroxyl groups excluding tert-OH is 1. The Hall–Kier alpha value is -1.88. The van der Waals surface area contributed by atoms with Gasteiger partial charge in [0, 0.05) is 32.2 Å². The second-order valence-electron chi connectivity index (χ2n) is 7.42. The highest BCUT2D eigenvalue weighted by Crippen LogP contribution is 2.28. The van der Waals surface area contributed by atoms with Gasteiger partial charge in [0.25, 0.3) is 0 Å². The summed E-state index contributed by atoms with van der Waals surface area (Å²) in [4.78, 5) is 5.24. The Bertz CT molecular complexity index is 691. The number of hydrogen-bond donors (Lipinski definition) is 1. The summed E-state index contributed by atoms with van der Waals surface area (Å²) >= 11 is 0. The summed E-state index contributed by atoms with van der Waals surface area (Å²) in [5.74, 6) is 0.828. The van der Waals surface area contributed by atoms with Crippen molar-refractivity contribution in [2.24, 2.45) is 0 Å². The van der Waals surface area contributed by atoms with Crippen molar-refractivity contribution in [3.8, 4) is 5.75 Å². The van der Waals surface area contributed by atoms with Crippen molar-refractivity contribution in [2.45, 2.75) is 38.5 Å². The molecule has 2 aliphatic heterocycles. The van der Waals surface area contributed by atoms with Gasteiger partial charge in [-0.25, -0.2) is 0 Å². The van der Waals surface area contributed by atoms with Crippen LogP contribution in [-0.2, 0) is 19.6 Å². The van der Waals surface area contributed by atoms with Gasteiger partial charge in [-0.2, -0.15) is 0 Å². The topological polar surface area (TPSA) is 35.9 Å². The Morgan fingerprint density at radius 1 is 1.00 bits per heavy atom. The summed E-state index contributed by atoms with van der Waals surface area (Å²) in [6.45, 7) is 5.94. The van der Waals surface area contributed by atoms with Crippen LogP contribution < -0.4 is 4.74 Å². The molecule has 1 N–H and O–H groups in total. The number of benzene rings is 2. The summed E-state index contributed by atoms with van der Waals surface area (Å²) in [6.07, 6.45) is 2.58. The van der Waals surface area contributed by atoms with Gasteiger partial charge < -0.3 is 9.84 Å². The van der Waals surface area contributed by atoms with Crippen LogP contribution >= 0.6 is 0 Å². The zero-order chi connectivity index (χ0) is 17.8. The Balaban J connectivity index is 1.33. The van der Waals surface area contributed by atoms with Crippen LogP contribution in [0.2, 0.25) is 0 Å². The van der Waals surface area contributed by atoms with Gasteiger partial charge in [-0.15, -0.1) is 0 Å². The minimum absolute atomic E-state index is 0.0529. The summed E-state index contributed by atoms with van der Waals surface area (Å²) in [5.41, 5.74) is 4.33. The maximum atomic E-state index is 8.84. The SMILES string of the molecule is OCCOc1ccc(CN2CCC[C@@H](N3Cc4ccccc4C3)C2)cc1. The van der Waals surface area contributed by atoms with E-state index in [1.807, 2.05) is 12.1 Å². The summed E-state index contributed by atoms with van der Waals surface area (Å²) in [5, 5.41) is 8.84.